The monoisotopic (exact) mass is 212 g/mol. The van der Waals surface area contributed by atoms with Gasteiger partial charge in [0.2, 0.25) is 5.91 Å². The van der Waals surface area contributed by atoms with Crippen LogP contribution >= 0.6 is 11.5 Å². The highest BCUT2D eigenvalue weighted by atomic mass is 32.1. The molecule has 0 unspecified atom stereocenters. The van der Waals surface area contributed by atoms with Gasteiger partial charge in [-0.2, -0.15) is 4.37 Å². The summed E-state index contributed by atoms with van der Waals surface area (Å²) >= 11 is 1.34. The summed E-state index contributed by atoms with van der Waals surface area (Å²) < 4.78 is 4.09. The van der Waals surface area contributed by atoms with Crippen LogP contribution in [-0.2, 0) is 4.79 Å². The topological polar surface area (TPSA) is 42.0 Å². The van der Waals surface area contributed by atoms with Gasteiger partial charge in [-0.15, -0.1) is 0 Å². The Morgan fingerprint density at radius 3 is 2.93 bits per heavy atom. The number of unbranched alkanes of at least 4 members (excludes halogenated alkanes) is 2. The number of rotatable bonds is 5. The lowest BCUT2D eigenvalue weighted by atomic mass is 10.2. The maximum Gasteiger partial charge on any atom is 0.225 e. The van der Waals surface area contributed by atoms with Gasteiger partial charge in [0.25, 0.3) is 0 Å². The minimum atomic E-state index is 0.0992. The van der Waals surface area contributed by atoms with Crippen LogP contribution in [0.15, 0.2) is 6.07 Å². The third-order valence-corrected chi connectivity index (χ3v) is 2.69. The highest BCUT2D eigenvalue weighted by Crippen LogP contribution is 2.15. The fourth-order valence-electron chi connectivity index (χ4n) is 1.16. The van der Waals surface area contributed by atoms with Gasteiger partial charge < -0.3 is 5.32 Å². The van der Waals surface area contributed by atoms with Gasteiger partial charge in [-0.1, -0.05) is 19.8 Å². The zero-order chi connectivity index (χ0) is 10.4. The zero-order valence-electron chi connectivity index (χ0n) is 8.67. The molecule has 3 nitrogen and oxygen atoms in total. The number of nitrogens with one attached hydrogen (secondary N) is 1. The first-order valence-electron chi connectivity index (χ1n) is 4.95. The summed E-state index contributed by atoms with van der Waals surface area (Å²) in [7, 11) is 0. The number of hydrogen-bond donors (Lipinski definition) is 1. The standard InChI is InChI=1S/C10H16N2OS/c1-3-4-5-6-9(13)11-10-7-8(2)12-14-10/h7H,3-6H2,1-2H3,(H,11,13). The van der Waals surface area contributed by atoms with E-state index in [1.165, 1.54) is 11.5 Å². The van der Waals surface area contributed by atoms with Gasteiger partial charge in [0.05, 0.1) is 5.69 Å². The molecule has 0 aliphatic heterocycles. The van der Waals surface area contributed by atoms with Crippen molar-refractivity contribution in [3.63, 3.8) is 0 Å². The summed E-state index contributed by atoms with van der Waals surface area (Å²) in [6, 6.07) is 1.89. The fraction of sp³-hybridized carbons (Fsp3) is 0.600. The average molecular weight is 212 g/mol. The lowest BCUT2D eigenvalue weighted by Gasteiger charge is -2.00. The van der Waals surface area contributed by atoms with E-state index >= 15 is 0 Å². The second kappa shape index (κ2) is 5.75. The number of amides is 1. The number of carbonyl (C=O) groups is 1. The lowest BCUT2D eigenvalue weighted by Crippen LogP contribution is -2.09. The van der Waals surface area contributed by atoms with Gasteiger partial charge in [0, 0.05) is 6.42 Å². The largest absolute Gasteiger partial charge is 0.316 e. The third kappa shape index (κ3) is 3.87. The Kier molecular flexibility index (Phi) is 4.59. The molecule has 0 atom stereocenters. The number of anilines is 1. The Hall–Kier alpha value is -0.900. The molecule has 0 bridgehead atoms. The van der Waals surface area contributed by atoms with Gasteiger partial charge in [-0.25, -0.2) is 0 Å². The maximum absolute atomic E-state index is 11.4. The molecule has 0 aromatic carbocycles. The van der Waals surface area contributed by atoms with Crippen LogP contribution < -0.4 is 5.32 Å². The first-order chi connectivity index (χ1) is 6.72. The Balaban J connectivity index is 2.27. The summed E-state index contributed by atoms with van der Waals surface area (Å²) in [6.45, 7) is 4.05. The van der Waals surface area contributed by atoms with Crippen molar-refractivity contribution in [2.45, 2.75) is 39.5 Å². The van der Waals surface area contributed by atoms with Crippen molar-refractivity contribution in [1.82, 2.24) is 4.37 Å². The minimum Gasteiger partial charge on any atom is -0.316 e. The Morgan fingerprint density at radius 1 is 1.57 bits per heavy atom. The van der Waals surface area contributed by atoms with Crippen LogP contribution in [0.1, 0.15) is 38.3 Å². The summed E-state index contributed by atoms with van der Waals surface area (Å²) in [5.74, 6) is 0.0992. The van der Waals surface area contributed by atoms with Crippen molar-refractivity contribution >= 4 is 22.4 Å². The predicted octanol–water partition coefficient (Wildman–Crippen LogP) is 2.97. The van der Waals surface area contributed by atoms with Crippen LogP contribution in [0.4, 0.5) is 5.00 Å². The molecule has 0 aliphatic rings. The second-order valence-electron chi connectivity index (χ2n) is 3.34. The Morgan fingerprint density at radius 2 is 2.36 bits per heavy atom. The van der Waals surface area contributed by atoms with E-state index in [1.807, 2.05) is 13.0 Å². The van der Waals surface area contributed by atoms with Gasteiger partial charge in [0.15, 0.2) is 0 Å². The smallest absolute Gasteiger partial charge is 0.225 e. The molecule has 1 heterocycles. The molecule has 0 saturated carbocycles. The molecule has 1 aromatic heterocycles. The highest BCUT2D eigenvalue weighted by molar-refractivity contribution is 7.10. The Labute approximate surface area is 88.7 Å². The van der Waals surface area contributed by atoms with E-state index in [0.29, 0.717) is 6.42 Å². The molecule has 1 aromatic rings. The van der Waals surface area contributed by atoms with E-state index in [1.54, 1.807) is 0 Å². The number of carbonyl (C=O) groups excluding carboxylic acids is 1. The van der Waals surface area contributed by atoms with Crippen LogP contribution in [0.3, 0.4) is 0 Å². The SMILES string of the molecule is CCCCCC(=O)Nc1cc(C)ns1. The van der Waals surface area contributed by atoms with Crippen molar-refractivity contribution in [2.75, 3.05) is 5.32 Å². The molecule has 14 heavy (non-hydrogen) atoms. The molecular formula is C10H16N2OS. The van der Waals surface area contributed by atoms with Crippen molar-refractivity contribution in [1.29, 1.82) is 0 Å². The van der Waals surface area contributed by atoms with Crippen molar-refractivity contribution in [3.05, 3.63) is 11.8 Å². The lowest BCUT2D eigenvalue weighted by molar-refractivity contribution is -0.116. The van der Waals surface area contributed by atoms with E-state index in [9.17, 15) is 4.79 Å². The van der Waals surface area contributed by atoms with Crippen LogP contribution in [0, 0.1) is 6.92 Å². The van der Waals surface area contributed by atoms with Crippen molar-refractivity contribution in [3.8, 4) is 0 Å². The third-order valence-electron chi connectivity index (χ3n) is 1.90. The average Bonchev–Trinajstić information content (AvgIpc) is 2.52. The van der Waals surface area contributed by atoms with E-state index in [2.05, 4.69) is 16.6 Å². The molecule has 0 fully saturated rings. The summed E-state index contributed by atoms with van der Waals surface area (Å²) in [6.07, 6.45) is 3.85. The van der Waals surface area contributed by atoms with Gasteiger partial charge in [-0.3, -0.25) is 4.79 Å². The van der Waals surface area contributed by atoms with Gasteiger partial charge >= 0.3 is 0 Å². The molecule has 0 aliphatic carbocycles. The predicted molar refractivity (Wildman–Crippen MR) is 59.6 cm³/mol. The summed E-state index contributed by atoms with van der Waals surface area (Å²) in [5.41, 5.74) is 0.957. The van der Waals surface area contributed by atoms with Crippen LogP contribution in [0.25, 0.3) is 0 Å². The van der Waals surface area contributed by atoms with Crippen molar-refractivity contribution in [2.24, 2.45) is 0 Å². The Bertz CT molecular complexity index is 296. The van der Waals surface area contributed by atoms with Crippen LogP contribution in [0.5, 0.6) is 0 Å². The molecule has 1 amide bonds. The normalized spacial score (nSPS) is 10.1. The number of nitrogens with zero attached hydrogens (tertiary/aromatic N) is 1. The minimum absolute atomic E-state index is 0.0992. The fourth-order valence-corrected chi connectivity index (χ4v) is 1.84. The van der Waals surface area contributed by atoms with Crippen LogP contribution in [-0.4, -0.2) is 10.3 Å². The first kappa shape index (κ1) is 11.2. The molecule has 4 heteroatoms. The van der Waals surface area contributed by atoms with Gasteiger partial charge in [0.1, 0.15) is 5.00 Å². The molecule has 1 rings (SSSR count). The van der Waals surface area contributed by atoms with E-state index in [4.69, 9.17) is 0 Å². The number of hydrogen-bond acceptors (Lipinski definition) is 3. The molecule has 0 saturated heterocycles. The molecule has 1 N–H and O–H groups in total. The number of aryl methyl sites for hydroxylation is 1. The first-order valence-corrected chi connectivity index (χ1v) is 5.73. The molecule has 0 radical (unpaired) electrons. The number of aromatic nitrogens is 1. The quantitative estimate of drug-likeness (QED) is 0.762. The second-order valence-corrected chi connectivity index (χ2v) is 4.14. The van der Waals surface area contributed by atoms with E-state index < -0.39 is 0 Å². The zero-order valence-corrected chi connectivity index (χ0v) is 9.49. The van der Waals surface area contributed by atoms with Gasteiger partial charge in [-0.05, 0) is 30.9 Å². The summed E-state index contributed by atoms with van der Waals surface area (Å²) in [5, 5.41) is 3.69. The van der Waals surface area contributed by atoms with Crippen LogP contribution in [0.2, 0.25) is 0 Å². The molecule has 78 valence electrons. The van der Waals surface area contributed by atoms with E-state index in [0.717, 1.165) is 30.0 Å². The molecule has 0 spiro atoms. The maximum atomic E-state index is 11.4. The molecular weight excluding hydrogens is 196 g/mol. The summed E-state index contributed by atoms with van der Waals surface area (Å²) in [4.78, 5) is 11.4. The highest BCUT2D eigenvalue weighted by Gasteiger charge is 2.03. The van der Waals surface area contributed by atoms with Crippen molar-refractivity contribution < 1.29 is 4.79 Å². The van der Waals surface area contributed by atoms with E-state index in [-0.39, 0.29) is 5.91 Å².